The van der Waals surface area contributed by atoms with Crippen molar-refractivity contribution in [3.63, 3.8) is 0 Å². The molecular formula is C21H24ClNO. The molecule has 1 N–H and O–H groups in total. The van der Waals surface area contributed by atoms with Crippen molar-refractivity contribution >= 4 is 33.1 Å². The Morgan fingerprint density at radius 2 is 1.46 bits per heavy atom. The lowest BCUT2D eigenvalue weighted by molar-refractivity contribution is 0.00279. The van der Waals surface area contributed by atoms with Gasteiger partial charge >= 0.3 is 0 Å². The van der Waals surface area contributed by atoms with Crippen LogP contribution >= 0.6 is 11.6 Å². The molecular weight excluding hydrogens is 318 g/mol. The van der Waals surface area contributed by atoms with Gasteiger partial charge in [-0.15, -0.1) is 0 Å². The van der Waals surface area contributed by atoms with Gasteiger partial charge in [0.1, 0.15) is 6.23 Å². The summed E-state index contributed by atoms with van der Waals surface area (Å²) >= 11 is 6.52. The Hall–Kier alpha value is -1.61. The molecule has 24 heavy (non-hydrogen) atoms. The lowest BCUT2D eigenvalue weighted by Crippen LogP contribution is -2.30. The Kier molecular flexibility index (Phi) is 5.40. The van der Waals surface area contributed by atoms with E-state index in [1.54, 1.807) is 0 Å². The van der Waals surface area contributed by atoms with Crippen LogP contribution < -0.4 is 0 Å². The third-order valence-electron chi connectivity index (χ3n) is 4.53. The minimum absolute atomic E-state index is 0.606. The summed E-state index contributed by atoms with van der Waals surface area (Å²) < 4.78 is 0. The smallest absolute Gasteiger partial charge is 0.134 e. The first-order valence-corrected chi connectivity index (χ1v) is 9.07. The maximum Gasteiger partial charge on any atom is 0.134 e. The maximum absolute atomic E-state index is 11.0. The standard InChI is InChI=1S/C21H24ClNO/c1-3-12-23(13-4-2)21(24)18-11-7-10-16-15-8-5-6-9-17(15)20(22)14-19(16)18/h5-11,14,21,24H,3-4,12-13H2,1-2H3. The van der Waals surface area contributed by atoms with E-state index in [1.165, 1.54) is 0 Å². The molecule has 0 aliphatic carbocycles. The highest BCUT2D eigenvalue weighted by Crippen LogP contribution is 2.35. The van der Waals surface area contributed by atoms with Gasteiger partial charge in [0.15, 0.2) is 0 Å². The monoisotopic (exact) mass is 341 g/mol. The van der Waals surface area contributed by atoms with Gasteiger partial charge < -0.3 is 5.11 Å². The van der Waals surface area contributed by atoms with Gasteiger partial charge in [0.2, 0.25) is 0 Å². The van der Waals surface area contributed by atoms with Gasteiger partial charge in [-0.1, -0.05) is 67.9 Å². The molecule has 0 aromatic heterocycles. The van der Waals surface area contributed by atoms with Crippen LogP contribution in [-0.2, 0) is 0 Å². The van der Waals surface area contributed by atoms with Crippen LogP contribution in [0.1, 0.15) is 38.5 Å². The fourth-order valence-corrected chi connectivity index (χ4v) is 3.74. The Labute approximate surface area is 148 Å². The van der Waals surface area contributed by atoms with Gasteiger partial charge in [0.25, 0.3) is 0 Å². The summed E-state index contributed by atoms with van der Waals surface area (Å²) in [5.41, 5.74) is 0.932. The molecule has 3 heteroatoms. The number of fused-ring (bicyclic) bond motifs is 3. The summed E-state index contributed by atoms with van der Waals surface area (Å²) in [5, 5.41) is 16.1. The fourth-order valence-electron chi connectivity index (χ4n) is 3.46. The van der Waals surface area contributed by atoms with Crippen molar-refractivity contribution in [2.45, 2.75) is 32.9 Å². The van der Waals surface area contributed by atoms with E-state index in [4.69, 9.17) is 11.6 Å². The number of hydrogen-bond acceptors (Lipinski definition) is 2. The number of aliphatic hydroxyl groups is 1. The van der Waals surface area contributed by atoms with Crippen LogP contribution in [0.4, 0.5) is 0 Å². The summed E-state index contributed by atoms with van der Waals surface area (Å²) in [4.78, 5) is 2.14. The van der Waals surface area contributed by atoms with Crippen LogP contribution in [0.15, 0.2) is 48.5 Å². The van der Waals surface area contributed by atoms with Crippen LogP contribution in [0.5, 0.6) is 0 Å². The van der Waals surface area contributed by atoms with Gasteiger partial charge in [-0.3, -0.25) is 4.90 Å². The minimum atomic E-state index is -0.606. The zero-order valence-electron chi connectivity index (χ0n) is 14.3. The molecule has 0 amide bonds. The SMILES string of the molecule is CCCN(CCC)C(O)c1cccc2c1cc(Cl)c1ccccc12. The second-order valence-electron chi connectivity index (χ2n) is 6.26. The van der Waals surface area contributed by atoms with E-state index in [2.05, 4.69) is 30.9 Å². The van der Waals surface area contributed by atoms with E-state index >= 15 is 0 Å². The summed E-state index contributed by atoms with van der Waals surface area (Å²) in [6.07, 6.45) is 1.43. The number of nitrogens with zero attached hydrogens (tertiary/aromatic N) is 1. The molecule has 0 aliphatic heterocycles. The molecule has 126 valence electrons. The average Bonchev–Trinajstić information content (AvgIpc) is 2.61. The van der Waals surface area contributed by atoms with Crippen molar-refractivity contribution in [2.75, 3.05) is 13.1 Å². The molecule has 2 nitrogen and oxygen atoms in total. The first-order chi connectivity index (χ1) is 11.7. The molecule has 0 saturated heterocycles. The molecule has 0 saturated carbocycles. The molecule has 0 fully saturated rings. The fraction of sp³-hybridized carbons (Fsp3) is 0.333. The number of benzene rings is 3. The second-order valence-corrected chi connectivity index (χ2v) is 6.66. The molecule has 0 radical (unpaired) electrons. The second kappa shape index (κ2) is 7.52. The van der Waals surface area contributed by atoms with E-state index in [9.17, 15) is 5.11 Å². The average molecular weight is 342 g/mol. The van der Waals surface area contributed by atoms with Gasteiger partial charge in [-0.25, -0.2) is 0 Å². The van der Waals surface area contributed by atoms with Crippen LogP contribution in [0.2, 0.25) is 5.02 Å². The largest absolute Gasteiger partial charge is 0.374 e. The summed E-state index contributed by atoms with van der Waals surface area (Å²) in [5.74, 6) is 0. The molecule has 0 bridgehead atoms. The molecule has 3 rings (SSSR count). The third-order valence-corrected chi connectivity index (χ3v) is 4.84. The Morgan fingerprint density at radius 1 is 0.875 bits per heavy atom. The predicted octanol–water partition coefficient (Wildman–Crippen LogP) is 5.76. The van der Waals surface area contributed by atoms with Gasteiger partial charge in [-0.05, 0) is 35.1 Å². The van der Waals surface area contributed by atoms with E-state index in [1.807, 2.05) is 36.4 Å². The number of aliphatic hydroxyl groups excluding tert-OH is 1. The Bertz CT molecular complexity index is 840. The van der Waals surface area contributed by atoms with E-state index in [0.717, 1.165) is 58.1 Å². The topological polar surface area (TPSA) is 23.5 Å². The van der Waals surface area contributed by atoms with Crippen LogP contribution in [0, 0.1) is 0 Å². The van der Waals surface area contributed by atoms with Crippen molar-refractivity contribution in [3.8, 4) is 0 Å². The van der Waals surface area contributed by atoms with Crippen LogP contribution in [0.3, 0.4) is 0 Å². The lowest BCUT2D eigenvalue weighted by Gasteiger charge is -2.28. The molecule has 1 unspecified atom stereocenters. The number of halogens is 1. The normalized spacial score (nSPS) is 13.0. The Morgan fingerprint density at radius 3 is 2.12 bits per heavy atom. The third kappa shape index (κ3) is 3.14. The van der Waals surface area contributed by atoms with Crippen molar-refractivity contribution in [1.82, 2.24) is 4.90 Å². The highest BCUT2D eigenvalue weighted by Gasteiger charge is 2.19. The summed E-state index contributed by atoms with van der Waals surface area (Å²) in [6, 6.07) is 16.3. The number of rotatable bonds is 6. The van der Waals surface area contributed by atoms with Crippen molar-refractivity contribution in [3.05, 3.63) is 59.1 Å². The quantitative estimate of drug-likeness (QED) is 0.455. The highest BCUT2D eigenvalue weighted by molar-refractivity contribution is 6.37. The lowest BCUT2D eigenvalue weighted by atomic mass is 9.97. The molecule has 0 heterocycles. The van der Waals surface area contributed by atoms with Crippen molar-refractivity contribution < 1.29 is 5.11 Å². The molecule has 3 aromatic carbocycles. The summed E-state index contributed by atoms with van der Waals surface area (Å²) in [6.45, 7) is 6.05. The van der Waals surface area contributed by atoms with E-state index < -0.39 is 6.23 Å². The number of hydrogen-bond donors (Lipinski definition) is 1. The van der Waals surface area contributed by atoms with Crippen LogP contribution in [0.25, 0.3) is 21.5 Å². The zero-order valence-corrected chi connectivity index (χ0v) is 15.1. The maximum atomic E-state index is 11.0. The van der Waals surface area contributed by atoms with Crippen molar-refractivity contribution in [2.24, 2.45) is 0 Å². The van der Waals surface area contributed by atoms with Gasteiger partial charge in [0.05, 0.1) is 0 Å². The van der Waals surface area contributed by atoms with Crippen LogP contribution in [-0.4, -0.2) is 23.1 Å². The highest BCUT2D eigenvalue weighted by atomic mass is 35.5. The minimum Gasteiger partial charge on any atom is -0.374 e. The Balaban J connectivity index is 2.18. The molecule has 1 atom stereocenters. The molecule has 0 spiro atoms. The molecule has 3 aromatic rings. The van der Waals surface area contributed by atoms with E-state index in [0.29, 0.717) is 0 Å². The van der Waals surface area contributed by atoms with Gasteiger partial charge in [-0.2, -0.15) is 0 Å². The van der Waals surface area contributed by atoms with E-state index in [-0.39, 0.29) is 0 Å². The van der Waals surface area contributed by atoms with Gasteiger partial charge in [0, 0.05) is 29.1 Å². The molecule has 0 aliphatic rings. The predicted molar refractivity (Wildman–Crippen MR) is 104 cm³/mol. The zero-order chi connectivity index (χ0) is 17.1. The van der Waals surface area contributed by atoms with Crippen molar-refractivity contribution in [1.29, 1.82) is 0 Å². The summed E-state index contributed by atoms with van der Waals surface area (Å²) in [7, 11) is 0. The first-order valence-electron chi connectivity index (χ1n) is 8.69. The first kappa shape index (κ1) is 17.2.